The molecular formula is C16H25BrO3. The Morgan fingerprint density at radius 2 is 1.60 bits per heavy atom. The second-order valence-corrected chi connectivity index (χ2v) is 6.67. The summed E-state index contributed by atoms with van der Waals surface area (Å²) in [4.78, 5) is 0. The van der Waals surface area contributed by atoms with Gasteiger partial charge in [-0.2, -0.15) is 0 Å². The molecule has 0 aliphatic rings. The Morgan fingerprint density at radius 1 is 1.10 bits per heavy atom. The lowest BCUT2D eigenvalue weighted by atomic mass is 9.83. The van der Waals surface area contributed by atoms with Gasteiger partial charge in [0.1, 0.15) is 0 Å². The maximum absolute atomic E-state index is 6.00. The van der Waals surface area contributed by atoms with E-state index >= 15 is 0 Å². The molecule has 0 fully saturated rings. The van der Waals surface area contributed by atoms with Crippen molar-refractivity contribution in [2.45, 2.75) is 27.7 Å². The molecule has 0 heterocycles. The average molecular weight is 345 g/mol. The van der Waals surface area contributed by atoms with Crippen LogP contribution in [0.2, 0.25) is 0 Å². The van der Waals surface area contributed by atoms with Crippen LogP contribution in [0.25, 0.3) is 0 Å². The Balaban J connectivity index is 2.96. The van der Waals surface area contributed by atoms with Crippen molar-refractivity contribution in [2.75, 3.05) is 26.2 Å². The zero-order valence-corrected chi connectivity index (χ0v) is 14.8. The van der Waals surface area contributed by atoms with Crippen LogP contribution in [-0.2, 0) is 0 Å². The van der Waals surface area contributed by atoms with Crippen molar-refractivity contribution < 1.29 is 14.2 Å². The number of ether oxygens (including phenoxy) is 3. The molecule has 0 bridgehead atoms. The van der Waals surface area contributed by atoms with Gasteiger partial charge >= 0.3 is 0 Å². The summed E-state index contributed by atoms with van der Waals surface area (Å²) >= 11 is 3.57. The van der Waals surface area contributed by atoms with E-state index in [1.165, 1.54) is 0 Å². The number of methoxy groups -OCH3 is 2. The van der Waals surface area contributed by atoms with E-state index in [4.69, 9.17) is 14.2 Å². The summed E-state index contributed by atoms with van der Waals surface area (Å²) in [6.45, 7) is 9.26. The fourth-order valence-electron chi connectivity index (χ4n) is 1.86. The van der Waals surface area contributed by atoms with Gasteiger partial charge in [0, 0.05) is 11.2 Å². The molecule has 1 aromatic carbocycles. The number of halogens is 1. The monoisotopic (exact) mass is 344 g/mol. The highest BCUT2D eigenvalue weighted by Crippen LogP contribution is 2.39. The summed E-state index contributed by atoms with van der Waals surface area (Å²) in [6.07, 6.45) is 0. The highest BCUT2D eigenvalue weighted by Gasteiger charge is 2.25. The molecule has 4 heteroatoms. The van der Waals surface area contributed by atoms with E-state index in [2.05, 4.69) is 36.7 Å². The van der Waals surface area contributed by atoms with Crippen LogP contribution >= 0.6 is 15.9 Å². The number of alkyl halides is 1. The number of aryl methyl sites for hydroxylation is 1. The predicted molar refractivity (Wildman–Crippen MR) is 86.5 cm³/mol. The van der Waals surface area contributed by atoms with E-state index < -0.39 is 0 Å². The predicted octanol–water partition coefficient (Wildman–Crippen LogP) is 4.45. The van der Waals surface area contributed by atoms with Crippen LogP contribution in [0.15, 0.2) is 12.1 Å². The summed E-state index contributed by atoms with van der Waals surface area (Å²) < 4.78 is 16.8. The quantitative estimate of drug-likeness (QED) is 0.713. The molecular weight excluding hydrogens is 320 g/mol. The topological polar surface area (TPSA) is 27.7 Å². The van der Waals surface area contributed by atoms with E-state index in [-0.39, 0.29) is 5.41 Å². The van der Waals surface area contributed by atoms with Crippen molar-refractivity contribution >= 4 is 15.9 Å². The summed E-state index contributed by atoms with van der Waals surface area (Å²) in [5.41, 5.74) is 1.26. The average Bonchev–Trinajstić information content (AvgIpc) is 2.38. The van der Waals surface area contributed by atoms with Gasteiger partial charge in [-0.25, -0.2) is 0 Å². The van der Waals surface area contributed by atoms with E-state index in [9.17, 15) is 0 Å². The second kappa shape index (κ2) is 7.21. The number of benzene rings is 1. The molecule has 0 saturated carbocycles. The number of hydrogen-bond acceptors (Lipinski definition) is 3. The normalized spacial score (nSPS) is 12.9. The van der Waals surface area contributed by atoms with Crippen LogP contribution in [0.5, 0.6) is 17.2 Å². The summed E-state index contributed by atoms with van der Waals surface area (Å²) in [7, 11) is 3.29. The zero-order valence-electron chi connectivity index (χ0n) is 13.2. The maximum atomic E-state index is 6.00. The first-order valence-electron chi connectivity index (χ1n) is 6.74. The van der Waals surface area contributed by atoms with Gasteiger partial charge in [-0.15, -0.1) is 0 Å². The molecule has 0 amide bonds. The molecule has 114 valence electrons. The van der Waals surface area contributed by atoms with Gasteiger partial charge in [0.2, 0.25) is 5.75 Å². The minimum absolute atomic E-state index is 0.175. The van der Waals surface area contributed by atoms with E-state index in [0.29, 0.717) is 29.8 Å². The SMILES string of the molecule is COc1cc(C)cc(OC)c1OCC(CBr)C(C)(C)C. The Bertz CT molecular complexity index is 413. The molecule has 0 aliphatic carbocycles. The molecule has 1 unspecified atom stereocenters. The van der Waals surface area contributed by atoms with E-state index in [1.54, 1.807) is 14.2 Å². The van der Waals surface area contributed by atoms with Crippen molar-refractivity contribution in [3.05, 3.63) is 17.7 Å². The van der Waals surface area contributed by atoms with Crippen molar-refractivity contribution in [3.8, 4) is 17.2 Å². The molecule has 3 nitrogen and oxygen atoms in total. The van der Waals surface area contributed by atoms with Gasteiger partial charge in [0.25, 0.3) is 0 Å². The smallest absolute Gasteiger partial charge is 0.203 e. The van der Waals surface area contributed by atoms with Crippen molar-refractivity contribution in [3.63, 3.8) is 0 Å². The van der Waals surface area contributed by atoms with Crippen molar-refractivity contribution in [1.29, 1.82) is 0 Å². The molecule has 1 rings (SSSR count). The Morgan fingerprint density at radius 3 is 1.95 bits per heavy atom. The Hall–Kier alpha value is -0.900. The van der Waals surface area contributed by atoms with E-state index in [0.717, 1.165) is 10.9 Å². The molecule has 0 radical (unpaired) electrons. The fraction of sp³-hybridized carbons (Fsp3) is 0.625. The highest BCUT2D eigenvalue weighted by atomic mass is 79.9. The molecule has 1 atom stereocenters. The number of rotatable bonds is 6. The lowest BCUT2D eigenvalue weighted by Gasteiger charge is -2.29. The van der Waals surface area contributed by atoms with Crippen molar-refractivity contribution in [2.24, 2.45) is 11.3 Å². The summed E-state index contributed by atoms with van der Waals surface area (Å²) in [5, 5.41) is 0.896. The van der Waals surface area contributed by atoms with Crippen LogP contribution < -0.4 is 14.2 Å². The second-order valence-electron chi connectivity index (χ2n) is 6.03. The molecule has 20 heavy (non-hydrogen) atoms. The highest BCUT2D eigenvalue weighted by molar-refractivity contribution is 9.09. The van der Waals surface area contributed by atoms with Crippen LogP contribution in [0.1, 0.15) is 26.3 Å². The third-order valence-corrected chi connectivity index (χ3v) is 4.23. The minimum atomic E-state index is 0.175. The van der Waals surface area contributed by atoms with Gasteiger partial charge in [0.05, 0.1) is 20.8 Å². The number of hydrogen-bond donors (Lipinski definition) is 0. The maximum Gasteiger partial charge on any atom is 0.203 e. The summed E-state index contributed by atoms with van der Waals surface area (Å²) in [5.74, 6) is 2.50. The molecule has 0 N–H and O–H groups in total. The van der Waals surface area contributed by atoms with Crippen LogP contribution in [0, 0.1) is 18.3 Å². The molecule has 0 aliphatic heterocycles. The van der Waals surface area contributed by atoms with Crippen LogP contribution in [0.3, 0.4) is 0 Å². The molecule has 0 saturated heterocycles. The third kappa shape index (κ3) is 4.30. The largest absolute Gasteiger partial charge is 0.493 e. The lowest BCUT2D eigenvalue weighted by Crippen LogP contribution is -2.28. The Labute approximate surface area is 130 Å². The van der Waals surface area contributed by atoms with Crippen molar-refractivity contribution in [1.82, 2.24) is 0 Å². The van der Waals surface area contributed by atoms with Crippen LogP contribution in [-0.4, -0.2) is 26.2 Å². The first-order chi connectivity index (χ1) is 9.33. The molecule has 0 aromatic heterocycles. The third-order valence-electron chi connectivity index (χ3n) is 3.44. The lowest BCUT2D eigenvalue weighted by molar-refractivity contribution is 0.158. The molecule has 0 spiro atoms. The Kier molecular flexibility index (Phi) is 6.18. The van der Waals surface area contributed by atoms with Gasteiger partial charge in [-0.05, 0) is 30.0 Å². The van der Waals surface area contributed by atoms with Crippen LogP contribution in [0.4, 0.5) is 0 Å². The standard InChI is InChI=1S/C16H25BrO3/c1-11-7-13(18-5)15(14(8-11)19-6)20-10-12(9-17)16(2,3)4/h7-8,12H,9-10H2,1-6H3. The van der Waals surface area contributed by atoms with E-state index in [1.807, 2.05) is 19.1 Å². The minimum Gasteiger partial charge on any atom is -0.493 e. The van der Waals surface area contributed by atoms with Gasteiger partial charge in [0.15, 0.2) is 11.5 Å². The van der Waals surface area contributed by atoms with Gasteiger partial charge < -0.3 is 14.2 Å². The first kappa shape index (κ1) is 17.2. The fourth-order valence-corrected chi connectivity index (χ4v) is 3.02. The zero-order chi connectivity index (χ0) is 15.3. The summed E-state index contributed by atoms with van der Waals surface area (Å²) in [6, 6.07) is 3.91. The molecule has 1 aromatic rings. The van der Waals surface area contributed by atoms with Gasteiger partial charge in [-0.1, -0.05) is 36.7 Å². The van der Waals surface area contributed by atoms with Gasteiger partial charge in [-0.3, -0.25) is 0 Å². The first-order valence-corrected chi connectivity index (χ1v) is 7.87.